The Morgan fingerprint density at radius 2 is 2.27 bits per heavy atom. The molecule has 0 aliphatic heterocycles. The molecule has 1 heterocycles. The molecule has 5 heteroatoms. The number of nitrogens with one attached hydrogen (secondary N) is 1. The number of ether oxygens (including phenoxy) is 1. The van der Waals surface area contributed by atoms with Gasteiger partial charge in [0.1, 0.15) is 11.5 Å². The number of carbonyl (C=O) groups is 1. The minimum Gasteiger partial charge on any atom is -0.464 e. The molecule has 1 N–H and O–H groups in total. The first-order valence-electron chi connectivity index (χ1n) is 4.18. The largest absolute Gasteiger partial charge is 0.464 e. The summed E-state index contributed by atoms with van der Waals surface area (Å²) in [5, 5.41) is 0.747. The zero-order valence-electron chi connectivity index (χ0n) is 7.80. The van der Waals surface area contributed by atoms with E-state index in [1.165, 1.54) is 19.2 Å². The third kappa shape index (κ3) is 1.63. The van der Waals surface area contributed by atoms with Crippen LogP contribution in [0.5, 0.6) is 0 Å². The van der Waals surface area contributed by atoms with Gasteiger partial charge in [-0.15, -0.1) is 0 Å². The zero-order chi connectivity index (χ0) is 11.0. The molecule has 78 valence electrons. The summed E-state index contributed by atoms with van der Waals surface area (Å²) in [6, 6.07) is 4.26. The fraction of sp³-hybridized carbons (Fsp3) is 0.100. The molecule has 0 aliphatic rings. The highest BCUT2D eigenvalue weighted by atomic mass is 79.9. The van der Waals surface area contributed by atoms with Gasteiger partial charge in [0.15, 0.2) is 0 Å². The number of rotatable bonds is 1. The first kappa shape index (κ1) is 10.2. The maximum atomic E-state index is 12.9. The van der Waals surface area contributed by atoms with Crippen LogP contribution in [-0.4, -0.2) is 18.1 Å². The number of halogens is 2. The molecule has 0 spiro atoms. The molecule has 0 saturated heterocycles. The summed E-state index contributed by atoms with van der Waals surface area (Å²) in [5.74, 6) is -0.842. The van der Waals surface area contributed by atoms with E-state index in [1.807, 2.05) is 0 Å². The Balaban J connectivity index is 2.69. The lowest BCUT2D eigenvalue weighted by Gasteiger charge is -1.94. The van der Waals surface area contributed by atoms with Gasteiger partial charge in [0.2, 0.25) is 0 Å². The van der Waals surface area contributed by atoms with Gasteiger partial charge in [-0.3, -0.25) is 0 Å². The second-order valence-electron chi connectivity index (χ2n) is 3.00. The van der Waals surface area contributed by atoms with E-state index in [9.17, 15) is 9.18 Å². The predicted octanol–water partition coefficient (Wildman–Crippen LogP) is 2.86. The number of hydrogen-bond acceptors (Lipinski definition) is 2. The lowest BCUT2D eigenvalue weighted by atomic mass is 10.2. The van der Waals surface area contributed by atoms with Gasteiger partial charge in [0.25, 0.3) is 0 Å². The summed E-state index contributed by atoms with van der Waals surface area (Å²) in [6.07, 6.45) is 0. The fourth-order valence-electron chi connectivity index (χ4n) is 1.38. The lowest BCUT2D eigenvalue weighted by Crippen LogP contribution is -2.01. The monoisotopic (exact) mass is 271 g/mol. The van der Waals surface area contributed by atoms with Crippen molar-refractivity contribution in [3.05, 3.63) is 34.2 Å². The molecular weight excluding hydrogens is 265 g/mol. The quantitative estimate of drug-likeness (QED) is 0.811. The SMILES string of the molecule is COC(=O)c1[nH]c2cc(F)ccc2c1Br. The van der Waals surface area contributed by atoms with E-state index in [0.717, 1.165) is 5.39 Å². The highest BCUT2D eigenvalue weighted by Gasteiger charge is 2.16. The zero-order valence-corrected chi connectivity index (χ0v) is 9.39. The summed E-state index contributed by atoms with van der Waals surface area (Å²) in [4.78, 5) is 14.1. The van der Waals surface area contributed by atoms with Gasteiger partial charge in [-0.2, -0.15) is 0 Å². The standard InChI is InChI=1S/C10H7BrFNO2/c1-15-10(14)9-8(11)6-3-2-5(12)4-7(6)13-9/h2-4,13H,1H3. The molecule has 0 atom stereocenters. The summed E-state index contributed by atoms with van der Waals surface area (Å²) in [6.45, 7) is 0. The Hall–Kier alpha value is -1.36. The van der Waals surface area contributed by atoms with Gasteiger partial charge in [0, 0.05) is 5.39 Å². The minimum atomic E-state index is -0.488. The summed E-state index contributed by atoms with van der Waals surface area (Å²) in [5.41, 5.74) is 0.848. The van der Waals surface area contributed by atoms with E-state index < -0.39 is 5.97 Å². The molecule has 0 amide bonds. The maximum absolute atomic E-state index is 12.9. The molecule has 0 bridgehead atoms. The number of carbonyl (C=O) groups excluding carboxylic acids is 1. The second-order valence-corrected chi connectivity index (χ2v) is 3.79. The van der Waals surface area contributed by atoms with Crippen molar-refractivity contribution in [2.45, 2.75) is 0 Å². The van der Waals surface area contributed by atoms with Crippen LogP contribution >= 0.6 is 15.9 Å². The summed E-state index contributed by atoms with van der Waals surface area (Å²) in [7, 11) is 1.29. The topological polar surface area (TPSA) is 42.1 Å². The van der Waals surface area contributed by atoms with E-state index in [-0.39, 0.29) is 11.5 Å². The number of aromatic amines is 1. The van der Waals surface area contributed by atoms with Crippen molar-refractivity contribution in [2.24, 2.45) is 0 Å². The Bertz CT molecular complexity index is 535. The van der Waals surface area contributed by atoms with E-state index in [4.69, 9.17) is 0 Å². The molecule has 2 rings (SSSR count). The average Bonchev–Trinajstić information content (AvgIpc) is 2.54. The number of aromatic nitrogens is 1. The Morgan fingerprint density at radius 1 is 1.53 bits per heavy atom. The third-order valence-electron chi connectivity index (χ3n) is 2.09. The van der Waals surface area contributed by atoms with Gasteiger partial charge in [-0.05, 0) is 34.1 Å². The van der Waals surface area contributed by atoms with Crippen molar-refractivity contribution in [3.8, 4) is 0 Å². The molecule has 0 radical (unpaired) electrons. The maximum Gasteiger partial charge on any atom is 0.355 e. The van der Waals surface area contributed by atoms with E-state index in [1.54, 1.807) is 6.07 Å². The first-order chi connectivity index (χ1) is 7.13. The number of methoxy groups -OCH3 is 1. The molecule has 3 nitrogen and oxygen atoms in total. The van der Waals surface area contributed by atoms with Gasteiger partial charge >= 0.3 is 5.97 Å². The van der Waals surface area contributed by atoms with Crippen LogP contribution in [0.15, 0.2) is 22.7 Å². The van der Waals surface area contributed by atoms with Crippen LogP contribution in [-0.2, 0) is 4.74 Å². The van der Waals surface area contributed by atoms with Crippen molar-refractivity contribution in [1.82, 2.24) is 4.98 Å². The van der Waals surface area contributed by atoms with Crippen molar-refractivity contribution >= 4 is 32.8 Å². The van der Waals surface area contributed by atoms with Crippen LogP contribution in [0.2, 0.25) is 0 Å². The van der Waals surface area contributed by atoms with Crippen molar-refractivity contribution in [3.63, 3.8) is 0 Å². The first-order valence-corrected chi connectivity index (χ1v) is 4.98. The Kier molecular flexibility index (Phi) is 2.48. The Morgan fingerprint density at radius 3 is 2.93 bits per heavy atom. The normalized spacial score (nSPS) is 10.6. The van der Waals surface area contributed by atoms with E-state index in [0.29, 0.717) is 9.99 Å². The molecular formula is C10H7BrFNO2. The summed E-state index contributed by atoms with van der Waals surface area (Å²) >= 11 is 3.26. The van der Waals surface area contributed by atoms with Crippen LogP contribution in [0.3, 0.4) is 0 Å². The third-order valence-corrected chi connectivity index (χ3v) is 2.91. The van der Waals surface area contributed by atoms with Crippen LogP contribution in [0.1, 0.15) is 10.5 Å². The molecule has 15 heavy (non-hydrogen) atoms. The van der Waals surface area contributed by atoms with Gasteiger partial charge < -0.3 is 9.72 Å². The van der Waals surface area contributed by atoms with Crippen molar-refractivity contribution < 1.29 is 13.9 Å². The molecule has 0 saturated carbocycles. The Labute approximate surface area is 93.4 Å². The van der Waals surface area contributed by atoms with Crippen molar-refractivity contribution in [2.75, 3.05) is 7.11 Å². The van der Waals surface area contributed by atoms with Crippen LogP contribution < -0.4 is 0 Å². The lowest BCUT2D eigenvalue weighted by molar-refractivity contribution is 0.0594. The van der Waals surface area contributed by atoms with Gasteiger partial charge in [-0.25, -0.2) is 9.18 Å². The second kappa shape index (κ2) is 3.66. The fourth-order valence-corrected chi connectivity index (χ4v) is 1.98. The number of esters is 1. The predicted molar refractivity (Wildman–Crippen MR) is 57.3 cm³/mol. The summed E-state index contributed by atoms with van der Waals surface area (Å²) < 4.78 is 18.1. The highest BCUT2D eigenvalue weighted by Crippen LogP contribution is 2.28. The average molecular weight is 272 g/mol. The van der Waals surface area contributed by atoms with Gasteiger partial charge in [0.05, 0.1) is 17.1 Å². The smallest absolute Gasteiger partial charge is 0.355 e. The van der Waals surface area contributed by atoms with Crippen LogP contribution in [0, 0.1) is 5.82 Å². The number of H-pyrrole nitrogens is 1. The molecule has 0 aliphatic carbocycles. The van der Waals surface area contributed by atoms with Crippen molar-refractivity contribution in [1.29, 1.82) is 0 Å². The number of fused-ring (bicyclic) bond motifs is 1. The molecule has 2 aromatic rings. The molecule has 1 aromatic heterocycles. The highest BCUT2D eigenvalue weighted by molar-refractivity contribution is 9.10. The molecule has 1 aromatic carbocycles. The molecule has 0 fully saturated rings. The molecule has 0 unspecified atom stereocenters. The van der Waals surface area contributed by atoms with E-state index in [2.05, 4.69) is 25.7 Å². The number of hydrogen-bond donors (Lipinski definition) is 1. The van der Waals surface area contributed by atoms with Crippen LogP contribution in [0.4, 0.5) is 4.39 Å². The number of benzene rings is 1. The minimum absolute atomic E-state index is 0.290. The van der Waals surface area contributed by atoms with Gasteiger partial charge in [-0.1, -0.05) is 0 Å². The van der Waals surface area contributed by atoms with E-state index >= 15 is 0 Å². The van der Waals surface area contributed by atoms with Crippen LogP contribution in [0.25, 0.3) is 10.9 Å².